The van der Waals surface area contributed by atoms with Gasteiger partial charge in [0.1, 0.15) is 19.3 Å². The Labute approximate surface area is 467 Å². The van der Waals surface area contributed by atoms with Gasteiger partial charge in [-0.15, -0.1) is 0 Å². The average molecular weight is 1080 g/mol. The number of hydrogen-bond donors (Lipinski definition) is 1. The first-order valence-electron chi connectivity index (χ1n) is 33.0. The molecular weight excluding hydrogens is 952 g/mol. The molecule has 0 aliphatic carbocycles. The second-order valence-corrected chi connectivity index (χ2v) is 25.4. The van der Waals surface area contributed by atoms with Gasteiger partial charge in [-0.2, -0.15) is 0 Å². The van der Waals surface area contributed by atoms with Gasteiger partial charge in [-0.25, -0.2) is 0 Å². The number of carbonyl (C=O) groups is 2. The van der Waals surface area contributed by atoms with Crippen LogP contribution in [0, 0.1) is 0 Å². The number of quaternary nitrogens is 1. The Balaban J connectivity index is 5.12. The third-order valence-electron chi connectivity index (χ3n) is 15.2. The molecule has 0 aromatic heterocycles. The largest absolute Gasteiger partial charge is 0.756 e. The molecule has 446 valence electrons. The van der Waals surface area contributed by atoms with Gasteiger partial charge in [0.2, 0.25) is 5.91 Å². The number of nitrogens with zero attached hydrogens (tertiary/aromatic N) is 1. The van der Waals surface area contributed by atoms with Crippen molar-refractivity contribution in [2.24, 2.45) is 0 Å². The zero-order valence-electron chi connectivity index (χ0n) is 51.0. The van der Waals surface area contributed by atoms with Crippen molar-refractivity contribution >= 4 is 19.7 Å². The lowest BCUT2D eigenvalue weighted by molar-refractivity contribution is -0.870. The summed E-state index contributed by atoms with van der Waals surface area (Å²) in [6.07, 6.45) is 64.6. The Morgan fingerprint density at radius 1 is 0.453 bits per heavy atom. The van der Waals surface area contributed by atoms with Gasteiger partial charge in [0.25, 0.3) is 7.82 Å². The Bertz CT molecular complexity index is 1290. The molecule has 3 atom stereocenters. The van der Waals surface area contributed by atoms with Crippen LogP contribution < -0.4 is 10.2 Å². The highest BCUT2D eigenvalue weighted by Crippen LogP contribution is 2.38. The van der Waals surface area contributed by atoms with Crippen LogP contribution in [0.3, 0.4) is 0 Å². The summed E-state index contributed by atoms with van der Waals surface area (Å²) < 4.78 is 30.4. The molecule has 0 aliphatic rings. The number of nitrogens with one attached hydrogen (secondary N) is 1. The minimum absolute atomic E-state index is 0.0166. The van der Waals surface area contributed by atoms with Crippen LogP contribution in [-0.4, -0.2) is 69.4 Å². The van der Waals surface area contributed by atoms with E-state index in [-0.39, 0.29) is 31.5 Å². The Kier molecular flexibility index (Phi) is 55.1. The van der Waals surface area contributed by atoms with Crippen LogP contribution in [0.5, 0.6) is 0 Å². The van der Waals surface area contributed by atoms with Crippen molar-refractivity contribution in [3.8, 4) is 0 Å². The van der Waals surface area contributed by atoms with E-state index >= 15 is 0 Å². The number of ether oxygens (including phenoxy) is 1. The molecule has 0 saturated heterocycles. The van der Waals surface area contributed by atoms with Gasteiger partial charge >= 0.3 is 5.97 Å². The third-order valence-corrected chi connectivity index (χ3v) is 16.2. The zero-order valence-corrected chi connectivity index (χ0v) is 51.9. The van der Waals surface area contributed by atoms with E-state index in [4.69, 9.17) is 13.8 Å². The van der Waals surface area contributed by atoms with E-state index in [1.807, 2.05) is 33.3 Å². The number of allylic oxidation sites excluding steroid dienone is 1. The van der Waals surface area contributed by atoms with Gasteiger partial charge in [0.05, 0.1) is 33.8 Å². The third kappa shape index (κ3) is 57.3. The average Bonchev–Trinajstić information content (AvgIpc) is 3.37. The fourth-order valence-corrected chi connectivity index (χ4v) is 10.8. The molecule has 0 aromatic carbocycles. The molecular formula is C65H129N2O7P. The first-order valence-corrected chi connectivity index (χ1v) is 34.5. The van der Waals surface area contributed by atoms with E-state index in [1.165, 1.54) is 250 Å². The molecule has 3 unspecified atom stereocenters. The van der Waals surface area contributed by atoms with Crippen molar-refractivity contribution in [2.75, 3.05) is 40.9 Å². The van der Waals surface area contributed by atoms with Crippen molar-refractivity contribution in [3.05, 3.63) is 12.2 Å². The summed E-state index contributed by atoms with van der Waals surface area (Å²) in [7, 11) is 1.21. The minimum atomic E-state index is -4.69. The van der Waals surface area contributed by atoms with Crippen LogP contribution in [-0.2, 0) is 27.9 Å². The summed E-state index contributed by atoms with van der Waals surface area (Å²) in [4.78, 5) is 40.0. The number of unbranched alkanes of at least 4 members (excludes halogenated alkanes) is 45. The van der Waals surface area contributed by atoms with Gasteiger partial charge in [-0.3, -0.25) is 14.2 Å². The number of likely N-dealkylation sites (N-methyl/N-ethyl adjacent to an activating group) is 1. The molecule has 0 aromatic rings. The highest BCUT2D eigenvalue weighted by Gasteiger charge is 2.27. The smallest absolute Gasteiger partial charge is 0.306 e. The summed E-state index contributed by atoms with van der Waals surface area (Å²) in [6, 6.07) is -0.879. The maximum Gasteiger partial charge on any atom is 0.306 e. The van der Waals surface area contributed by atoms with Crippen LogP contribution in [0.2, 0.25) is 0 Å². The number of esters is 1. The molecule has 0 fully saturated rings. The number of amides is 1. The van der Waals surface area contributed by atoms with Gasteiger partial charge in [-0.1, -0.05) is 309 Å². The van der Waals surface area contributed by atoms with Crippen LogP contribution in [0.1, 0.15) is 342 Å². The van der Waals surface area contributed by atoms with E-state index in [9.17, 15) is 19.0 Å². The van der Waals surface area contributed by atoms with Gasteiger partial charge in [0, 0.05) is 12.8 Å². The lowest BCUT2D eigenvalue weighted by Gasteiger charge is -2.30. The van der Waals surface area contributed by atoms with E-state index in [0.717, 1.165) is 57.8 Å². The molecule has 0 aliphatic heterocycles. The van der Waals surface area contributed by atoms with E-state index in [2.05, 4.69) is 26.1 Å². The predicted molar refractivity (Wildman–Crippen MR) is 321 cm³/mol. The minimum Gasteiger partial charge on any atom is -0.756 e. The van der Waals surface area contributed by atoms with E-state index < -0.39 is 20.0 Å². The van der Waals surface area contributed by atoms with Gasteiger partial charge in [0.15, 0.2) is 0 Å². The topological polar surface area (TPSA) is 114 Å². The van der Waals surface area contributed by atoms with Crippen molar-refractivity contribution < 1.29 is 37.3 Å². The van der Waals surface area contributed by atoms with Crippen molar-refractivity contribution in [1.82, 2.24) is 5.32 Å². The van der Waals surface area contributed by atoms with Crippen molar-refractivity contribution in [3.63, 3.8) is 0 Å². The van der Waals surface area contributed by atoms with Gasteiger partial charge in [-0.05, 0) is 31.8 Å². The van der Waals surface area contributed by atoms with Crippen molar-refractivity contribution in [2.45, 2.75) is 354 Å². The molecule has 1 amide bonds. The molecule has 0 heterocycles. The Morgan fingerprint density at radius 2 is 0.760 bits per heavy atom. The number of hydrogen-bond acceptors (Lipinski definition) is 7. The lowest BCUT2D eigenvalue weighted by atomic mass is 10.0. The standard InChI is InChI=1S/C65H129N2O7P/c1-7-10-13-16-19-22-25-28-30-32-33-34-35-36-38-40-43-46-49-52-55-58-65(69)74-63(56-53-50-47-44-41-27-24-21-18-15-12-9-3)62(61-73-75(70,71)72-60-59-67(4,5)6)66-64(68)57-54-51-48-45-42-39-37-31-29-26-23-20-17-14-11-8-2/h53,56,62-63H,7-52,54-55,57-61H2,1-6H3,(H-,66,68,70,71)/b56-53+. The van der Waals surface area contributed by atoms with Crippen LogP contribution in [0.25, 0.3) is 0 Å². The Hall–Kier alpha value is -1.25. The quantitative estimate of drug-likeness (QED) is 0.0212. The maximum atomic E-state index is 13.5. The van der Waals surface area contributed by atoms with Crippen LogP contribution in [0.15, 0.2) is 12.2 Å². The van der Waals surface area contributed by atoms with Crippen molar-refractivity contribution in [1.29, 1.82) is 0 Å². The first-order chi connectivity index (χ1) is 36.4. The number of phosphoric ester groups is 1. The zero-order chi connectivity index (χ0) is 55.0. The maximum absolute atomic E-state index is 13.5. The summed E-state index contributed by atoms with van der Waals surface area (Å²) in [5.41, 5.74) is 0. The van der Waals surface area contributed by atoms with E-state index in [1.54, 1.807) is 0 Å². The predicted octanol–water partition coefficient (Wildman–Crippen LogP) is 19.7. The lowest BCUT2D eigenvalue weighted by Crippen LogP contribution is -2.47. The van der Waals surface area contributed by atoms with Crippen LogP contribution in [0.4, 0.5) is 0 Å². The number of rotatable bonds is 61. The first kappa shape index (κ1) is 73.8. The molecule has 0 spiro atoms. The SMILES string of the molecule is CCCCCCCCCCCC/C=C/C(OC(=O)CCCCCCCCCCCCCCCCCCCCCCC)C(COP(=O)([O-])OCC[N+](C)(C)C)NC(=O)CCCCCCCCCCCCCCCCCC. The highest BCUT2D eigenvalue weighted by molar-refractivity contribution is 7.45. The summed E-state index contributed by atoms with van der Waals surface area (Å²) in [5, 5.41) is 3.04. The second kappa shape index (κ2) is 56.0. The van der Waals surface area contributed by atoms with Gasteiger partial charge < -0.3 is 28.5 Å². The molecule has 0 rings (SSSR count). The van der Waals surface area contributed by atoms with Crippen LogP contribution >= 0.6 is 7.82 Å². The molecule has 0 radical (unpaired) electrons. The fraction of sp³-hybridized carbons (Fsp3) is 0.938. The second-order valence-electron chi connectivity index (χ2n) is 24.0. The molecule has 9 nitrogen and oxygen atoms in total. The monoisotopic (exact) mass is 1080 g/mol. The number of carbonyl (C=O) groups excluding carboxylic acids is 2. The number of phosphoric acid groups is 1. The Morgan fingerprint density at radius 3 is 1.09 bits per heavy atom. The summed E-state index contributed by atoms with van der Waals surface area (Å²) >= 11 is 0. The molecule has 75 heavy (non-hydrogen) atoms. The summed E-state index contributed by atoms with van der Waals surface area (Å²) in [6.45, 7) is 6.91. The fourth-order valence-electron chi connectivity index (χ4n) is 10.1. The molecule has 0 saturated carbocycles. The molecule has 1 N–H and O–H groups in total. The highest BCUT2D eigenvalue weighted by atomic mass is 31.2. The summed E-state index contributed by atoms with van der Waals surface area (Å²) in [5.74, 6) is -0.517. The molecule has 0 bridgehead atoms. The normalized spacial score (nSPS) is 13.6. The van der Waals surface area contributed by atoms with E-state index in [0.29, 0.717) is 17.4 Å². The molecule has 10 heteroatoms.